The molecular formula is C23H31N3O. The zero-order valence-electron chi connectivity index (χ0n) is 16.1. The number of carbonyl (C=O) groups is 1. The first-order valence-corrected chi connectivity index (χ1v) is 11.0. The average Bonchev–Trinajstić information content (AvgIpc) is 2.96. The molecular weight excluding hydrogens is 334 g/mol. The van der Waals surface area contributed by atoms with Crippen LogP contribution in [0.3, 0.4) is 0 Å². The number of nitrogens with two attached hydrogens (primary N) is 1. The minimum absolute atomic E-state index is 0.128. The van der Waals surface area contributed by atoms with Gasteiger partial charge < -0.3 is 10.6 Å². The first kappa shape index (κ1) is 16.4. The molecule has 0 unspecified atom stereocenters. The van der Waals surface area contributed by atoms with Crippen molar-refractivity contribution in [2.24, 2.45) is 29.4 Å². The van der Waals surface area contributed by atoms with Crippen molar-refractivity contribution in [2.75, 3.05) is 13.1 Å². The van der Waals surface area contributed by atoms with E-state index < -0.39 is 0 Å². The normalized spacial score (nSPS) is 39.1. The number of hydrogen-bond donors (Lipinski definition) is 1. The Kier molecular flexibility index (Phi) is 3.48. The van der Waals surface area contributed by atoms with Crippen molar-refractivity contribution in [3.63, 3.8) is 0 Å². The quantitative estimate of drug-likeness (QED) is 0.825. The summed E-state index contributed by atoms with van der Waals surface area (Å²) in [6.07, 6.45) is 9.45. The lowest BCUT2D eigenvalue weighted by Gasteiger charge is -2.60. The summed E-state index contributed by atoms with van der Waals surface area (Å²) in [5, 5.41) is 0. The van der Waals surface area contributed by atoms with Crippen molar-refractivity contribution < 1.29 is 4.79 Å². The molecule has 2 amide bonds. The number of hydrogen-bond acceptors (Lipinski definition) is 2. The first-order valence-electron chi connectivity index (χ1n) is 11.0. The Morgan fingerprint density at radius 2 is 1.59 bits per heavy atom. The maximum atomic E-state index is 11.7. The van der Waals surface area contributed by atoms with Crippen LogP contribution in [0.25, 0.3) is 0 Å². The van der Waals surface area contributed by atoms with Gasteiger partial charge >= 0.3 is 6.03 Å². The van der Waals surface area contributed by atoms with Crippen LogP contribution in [0.4, 0.5) is 4.79 Å². The van der Waals surface area contributed by atoms with E-state index in [1.807, 2.05) is 4.90 Å². The van der Waals surface area contributed by atoms with Crippen molar-refractivity contribution in [1.82, 2.24) is 9.80 Å². The average molecular weight is 366 g/mol. The standard InChI is InChI=1S/C23H31N3O/c24-22(27)25-7-5-23(6-8-25)20-4-2-1-3-17(20)14-26(23)21-18-10-15-9-16(12-18)13-19(21)11-15/h1-4,15-16,18-19,21H,5-14H2,(H2,24,27). The molecule has 0 aromatic heterocycles. The topological polar surface area (TPSA) is 49.6 Å². The predicted octanol–water partition coefficient (Wildman–Crippen LogP) is 3.70. The number of amides is 2. The van der Waals surface area contributed by atoms with Gasteiger partial charge in [0.25, 0.3) is 0 Å². The molecule has 1 saturated heterocycles. The van der Waals surface area contributed by atoms with Crippen LogP contribution in [0.1, 0.15) is 56.1 Å². The molecule has 4 saturated carbocycles. The lowest BCUT2D eigenvalue weighted by atomic mass is 9.53. The van der Waals surface area contributed by atoms with Crippen molar-refractivity contribution in [1.29, 1.82) is 0 Å². The zero-order valence-corrected chi connectivity index (χ0v) is 16.1. The Labute approximate surface area is 162 Å². The van der Waals surface area contributed by atoms with Gasteiger partial charge in [0.15, 0.2) is 0 Å². The zero-order chi connectivity index (χ0) is 18.2. The summed E-state index contributed by atoms with van der Waals surface area (Å²) >= 11 is 0. The van der Waals surface area contributed by atoms with Crippen LogP contribution in [0, 0.1) is 23.7 Å². The van der Waals surface area contributed by atoms with Crippen LogP contribution in [0.5, 0.6) is 0 Å². The molecule has 1 spiro atoms. The summed E-state index contributed by atoms with van der Waals surface area (Å²) in [6, 6.07) is 9.62. The smallest absolute Gasteiger partial charge is 0.314 e. The van der Waals surface area contributed by atoms with E-state index >= 15 is 0 Å². The van der Waals surface area contributed by atoms with Crippen LogP contribution in [0.15, 0.2) is 24.3 Å². The van der Waals surface area contributed by atoms with E-state index in [4.69, 9.17) is 5.73 Å². The molecule has 4 heteroatoms. The minimum atomic E-state index is -0.252. The van der Waals surface area contributed by atoms with E-state index in [1.165, 1.54) is 37.7 Å². The summed E-state index contributed by atoms with van der Waals surface area (Å²) in [6.45, 7) is 2.71. The van der Waals surface area contributed by atoms with Gasteiger partial charge in [0, 0.05) is 25.7 Å². The molecule has 1 aromatic rings. The van der Waals surface area contributed by atoms with Crippen molar-refractivity contribution in [3.05, 3.63) is 35.4 Å². The first-order chi connectivity index (χ1) is 13.1. The van der Waals surface area contributed by atoms with Gasteiger partial charge in [0.2, 0.25) is 0 Å². The highest BCUT2D eigenvalue weighted by atomic mass is 16.2. The third-order valence-electron chi connectivity index (χ3n) is 8.85. The molecule has 2 heterocycles. The maximum Gasteiger partial charge on any atom is 0.314 e. The summed E-state index contributed by atoms with van der Waals surface area (Å²) in [7, 11) is 0. The molecule has 4 aliphatic carbocycles. The SMILES string of the molecule is NC(=O)N1CCC2(CC1)c1ccccc1CN2C1C2CC3CC(C2)CC1C3. The van der Waals surface area contributed by atoms with Crippen molar-refractivity contribution in [3.8, 4) is 0 Å². The third kappa shape index (κ3) is 2.28. The number of carbonyl (C=O) groups excluding carboxylic acids is 1. The fraction of sp³-hybridized carbons (Fsp3) is 0.696. The highest BCUT2D eigenvalue weighted by Crippen LogP contribution is 2.59. The fourth-order valence-corrected chi connectivity index (χ4v) is 8.05. The van der Waals surface area contributed by atoms with Crippen molar-refractivity contribution in [2.45, 2.75) is 63.1 Å². The van der Waals surface area contributed by atoms with Crippen LogP contribution in [-0.2, 0) is 12.1 Å². The molecule has 6 aliphatic rings. The number of nitrogens with zero attached hydrogens (tertiary/aromatic N) is 2. The van der Waals surface area contributed by atoms with Gasteiger partial charge in [-0.1, -0.05) is 24.3 Å². The molecule has 144 valence electrons. The molecule has 1 aromatic carbocycles. The van der Waals surface area contributed by atoms with Gasteiger partial charge in [-0.25, -0.2) is 4.79 Å². The number of primary amides is 1. The van der Waals surface area contributed by atoms with E-state index in [2.05, 4.69) is 29.2 Å². The Hall–Kier alpha value is -1.55. The summed E-state index contributed by atoms with van der Waals surface area (Å²) in [4.78, 5) is 16.5. The molecule has 2 aliphatic heterocycles. The van der Waals surface area contributed by atoms with Gasteiger partial charge in [-0.2, -0.15) is 0 Å². The molecule has 0 atom stereocenters. The summed E-state index contributed by atoms with van der Waals surface area (Å²) in [5.74, 6) is 3.84. The molecule has 4 bridgehead atoms. The van der Waals surface area contributed by atoms with Crippen molar-refractivity contribution >= 4 is 6.03 Å². The summed E-state index contributed by atoms with van der Waals surface area (Å²) in [5.41, 5.74) is 8.79. The number of likely N-dealkylation sites (tertiary alicyclic amines) is 1. The summed E-state index contributed by atoms with van der Waals surface area (Å²) < 4.78 is 0. The Morgan fingerprint density at radius 1 is 0.963 bits per heavy atom. The second-order valence-electron chi connectivity index (χ2n) is 10.1. The molecule has 7 rings (SSSR count). The lowest BCUT2D eigenvalue weighted by molar-refractivity contribution is -0.112. The van der Waals surface area contributed by atoms with Gasteiger partial charge in [-0.3, -0.25) is 4.90 Å². The van der Waals surface area contributed by atoms with Crippen LogP contribution in [-0.4, -0.2) is 35.0 Å². The van der Waals surface area contributed by atoms with E-state index in [0.717, 1.165) is 62.2 Å². The van der Waals surface area contributed by atoms with Gasteiger partial charge in [-0.15, -0.1) is 0 Å². The maximum absolute atomic E-state index is 11.7. The van der Waals surface area contributed by atoms with E-state index in [9.17, 15) is 4.79 Å². The van der Waals surface area contributed by atoms with E-state index in [1.54, 1.807) is 5.56 Å². The Bertz CT molecular complexity index is 739. The largest absolute Gasteiger partial charge is 0.351 e. The highest BCUT2D eigenvalue weighted by molar-refractivity contribution is 5.72. The minimum Gasteiger partial charge on any atom is -0.351 e. The van der Waals surface area contributed by atoms with E-state index in [-0.39, 0.29) is 11.6 Å². The second-order valence-corrected chi connectivity index (χ2v) is 10.1. The number of fused-ring (bicyclic) bond motifs is 2. The molecule has 27 heavy (non-hydrogen) atoms. The third-order valence-corrected chi connectivity index (χ3v) is 8.85. The predicted molar refractivity (Wildman–Crippen MR) is 105 cm³/mol. The Balaban J connectivity index is 1.37. The molecule has 5 fully saturated rings. The molecule has 0 radical (unpaired) electrons. The number of rotatable bonds is 1. The fourth-order valence-electron chi connectivity index (χ4n) is 8.05. The van der Waals surface area contributed by atoms with Crippen LogP contribution >= 0.6 is 0 Å². The lowest BCUT2D eigenvalue weighted by Crippen LogP contribution is -2.61. The highest BCUT2D eigenvalue weighted by Gasteiger charge is 2.57. The van der Waals surface area contributed by atoms with Gasteiger partial charge in [0.05, 0.1) is 5.54 Å². The van der Waals surface area contributed by atoms with Gasteiger partial charge in [0.1, 0.15) is 0 Å². The van der Waals surface area contributed by atoms with Crippen LogP contribution < -0.4 is 5.73 Å². The number of piperidine rings is 1. The molecule has 2 N–H and O–H groups in total. The number of urea groups is 1. The Morgan fingerprint density at radius 3 is 2.22 bits per heavy atom. The number of benzene rings is 1. The van der Waals surface area contributed by atoms with Gasteiger partial charge in [-0.05, 0) is 79.7 Å². The molecule has 4 nitrogen and oxygen atoms in total. The monoisotopic (exact) mass is 365 g/mol. The van der Waals surface area contributed by atoms with Crippen LogP contribution in [0.2, 0.25) is 0 Å². The van der Waals surface area contributed by atoms with E-state index in [0.29, 0.717) is 0 Å². The second kappa shape index (κ2) is 5.73.